The van der Waals surface area contributed by atoms with Crippen molar-refractivity contribution in [3.63, 3.8) is 0 Å². The second-order valence-electron chi connectivity index (χ2n) is 6.69. The molecule has 0 aromatic heterocycles. The summed E-state index contributed by atoms with van der Waals surface area (Å²) >= 11 is 0. The van der Waals surface area contributed by atoms with Crippen molar-refractivity contribution in [2.75, 3.05) is 17.2 Å². The minimum Gasteiger partial charge on any atom is -0.494 e. The maximum Gasteiger partial charge on any atom is 0.244 e. The average Bonchev–Trinajstić information content (AvgIpc) is 2.66. The van der Waals surface area contributed by atoms with Crippen LogP contribution >= 0.6 is 0 Å². The molecule has 6 nitrogen and oxygen atoms in total. The number of halogens is 1. The topological polar surface area (TPSA) is 75.7 Å². The first kappa shape index (κ1) is 22.7. The quantitative estimate of drug-likeness (QED) is 0.669. The lowest BCUT2D eigenvalue weighted by Crippen LogP contribution is -2.49. The Morgan fingerprint density at radius 3 is 2.17 bits per heavy atom. The molecule has 0 saturated heterocycles. The van der Waals surface area contributed by atoms with E-state index >= 15 is 0 Å². The van der Waals surface area contributed by atoms with Crippen molar-refractivity contribution in [3.05, 3.63) is 59.9 Å². The average molecular weight is 423 g/mol. The van der Waals surface area contributed by atoms with Crippen molar-refractivity contribution in [1.82, 2.24) is 5.32 Å². The van der Waals surface area contributed by atoms with Crippen molar-refractivity contribution < 1.29 is 22.3 Å². The molecule has 0 fully saturated rings. The molecule has 0 aliphatic carbocycles. The van der Waals surface area contributed by atoms with E-state index in [0.717, 1.165) is 21.9 Å². The minimum absolute atomic E-state index is 0.240. The van der Waals surface area contributed by atoms with Crippen molar-refractivity contribution >= 4 is 21.6 Å². The van der Waals surface area contributed by atoms with Gasteiger partial charge >= 0.3 is 0 Å². The Hall–Kier alpha value is -2.61. The van der Waals surface area contributed by atoms with Crippen molar-refractivity contribution in [3.8, 4) is 5.75 Å². The van der Waals surface area contributed by atoms with Crippen LogP contribution in [-0.2, 0) is 14.8 Å². The van der Waals surface area contributed by atoms with E-state index in [0.29, 0.717) is 6.61 Å². The molecule has 0 saturated carbocycles. The molecular weight excluding hydrogens is 395 g/mol. The standard InChI is InChI=1S/C21H27FN2O4S/c1-5-20(24(29(4,26)27)18-11-9-17(22)10-12-18)21(25)23-15(3)16-7-13-19(14-8-16)28-6-2/h7-15,20H,5-6H2,1-4H3,(H,23,25)/t15-,20-/m1/s1. The number of benzene rings is 2. The van der Waals surface area contributed by atoms with Crippen LogP contribution in [0, 0.1) is 5.82 Å². The number of sulfonamides is 1. The van der Waals surface area contributed by atoms with Gasteiger partial charge in [0, 0.05) is 0 Å². The third-order valence-corrected chi connectivity index (χ3v) is 5.64. The number of hydrogen-bond acceptors (Lipinski definition) is 4. The summed E-state index contributed by atoms with van der Waals surface area (Å²) in [5, 5.41) is 2.87. The normalized spacial score (nSPS) is 13.4. The number of hydrogen-bond donors (Lipinski definition) is 1. The molecule has 0 bridgehead atoms. The number of amides is 1. The molecule has 0 heterocycles. The van der Waals surface area contributed by atoms with Crippen LogP contribution in [0.3, 0.4) is 0 Å². The molecule has 1 N–H and O–H groups in total. The first-order valence-corrected chi connectivity index (χ1v) is 11.3. The molecule has 2 aromatic carbocycles. The fourth-order valence-corrected chi connectivity index (χ4v) is 4.27. The molecule has 0 aliphatic heterocycles. The summed E-state index contributed by atoms with van der Waals surface area (Å²) in [6.45, 7) is 6.02. The van der Waals surface area contributed by atoms with Gasteiger partial charge in [-0.2, -0.15) is 0 Å². The smallest absolute Gasteiger partial charge is 0.244 e. The largest absolute Gasteiger partial charge is 0.494 e. The third kappa shape index (κ3) is 5.93. The summed E-state index contributed by atoms with van der Waals surface area (Å²) in [6, 6.07) is 11.1. The lowest BCUT2D eigenvalue weighted by molar-refractivity contribution is -0.122. The van der Waals surface area contributed by atoms with Gasteiger partial charge < -0.3 is 10.1 Å². The van der Waals surface area contributed by atoms with Crippen LogP contribution in [0.15, 0.2) is 48.5 Å². The van der Waals surface area contributed by atoms with E-state index in [1.54, 1.807) is 6.92 Å². The number of nitrogens with one attached hydrogen (secondary N) is 1. The number of carbonyl (C=O) groups is 1. The van der Waals surface area contributed by atoms with Crippen molar-refractivity contribution in [1.29, 1.82) is 0 Å². The number of nitrogens with zero attached hydrogens (tertiary/aromatic N) is 1. The van der Waals surface area contributed by atoms with Crippen LogP contribution in [-0.4, -0.2) is 33.2 Å². The Bertz CT molecular complexity index is 915. The van der Waals surface area contributed by atoms with Crippen LogP contribution in [0.4, 0.5) is 10.1 Å². The van der Waals surface area contributed by atoms with Crippen LogP contribution in [0.1, 0.15) is 38.8 Å². The Labute approximate surface area is 171 Å². The van der Waals surface area contributed by atoms with Gasteiger partial charge in [-0.3, -0.25) is 9.10 Å². The lowest BCUT2D eigenvalue weighted by Gasteiger charge is -2.31. The number of rotatable bonds is 9. The summed E-state index contributed by atoms with van der Waals surface area (Å²) in [6.07, 6.45) is 1.29. The molecule has 0 unspecified atom stereocenters. The van der Waals surface area contributed by atoms with Gasteiger partial charge in [-0.25, -0.2) is 12.8 Å². The van der Waals surface area contributed by atoms with Gasteiger partial charge in [-0.1, -0.05) is 19.1 Å². The first-order valence-electron chi connectivity index (χ1n) is 9.45. The molecule has 1 amide bonds. The molecule has 2 rings (SSSR count). The van der Waals surface area contributed by atoms with Gasteiger partial charge in [0.25, 0.3) is 0 Å². The highest BCUT2D eigenvalue weighted by atomic mass is 32.2. The predicted octanol–water partition coefficient (Wildman–Crippen LogP) is 3.65. The maximum atomic E-state index is 13.3. The zero-order chi connectivity index (χ0) is 21.6. The highest BCUT2D eigenvalue weighted by Gasteiger charge is 2.32. The molecule has 29 heavy (non-hydrogen) atoms. The zero-order valence-corrected chi connectivity index (χ0v) is 17.9. The summed E-state index contributed by atoms with van der Waals surface area (Å²) in [7, 11) is -3.77. The Morgan fingerprint density at radius 1 is 1.10 bits per heavy atom. The SMILES string of the molecule is CCOc1ccc([C@@H](C)NC(=O)[C@@H](CC)N(c2ccc(F)cc2)S(C)(=O)=O)cc1. The Balaban J connectivity index is 2.23. The molecule has 2 atom stereocenters. The Morgan fingerprint density at radius 2 is 1.69 bits per heavy atom. The van der Waals surface area contributed by atoms with Gasteiger partial charge in [0.1, 0.15) is 17.6 Å². The molecule has 8 heteroatoms. The van der Waals surface area contributed by atoms with Gasteiger partial charge in [0.15, 0.2) is 0 Å². The lowest BCUT2D eigenvalue weighted by atomic mass is 10.1. The van der Waals surface area contributed by atoms with Crippen LogP contribution < -0.4 is 14.4 Å². The van der Waals surface area contributed by atoms with Crippen LogP contribution in [0.2, 0.25) is 0 Å². The summed E-state index contributed by atoms with van der Waals surface area (Å²) in [4.78, 5) is 12.9. The van der Waals surface area contributed by atoms with E-state index < -0.39 is 27.8 Å². The third-order valence-electron chi connectivity index (χ3n) is 4.46. The van der Waals surface area contributed by atoms with E-state index in [2.05, 4.69) is 5.32 Å². The molecule has 0 spiro atoms. The fraction of sp³-hybridized carbons (Fsp3) is 0.381. The summed E-state index contributed by atoms with van der Waals surface area (Å²) < 4.78 is 44.5. The second kappa shape index (κ2) is 9.73. The predicted molar refractivity (Wildman–Crippen MR) is 112 cm³/mol. The van der Waals surface area contributed by atoms with E-state index in [9.17, 15) is 17.6 Å². The summed E-state index contributed by atoms with van der Waals surface area (Å²) in [5.41, 5.74) is 1.11. The van der Waals surface area contributed by atoms with Crippen molar-refractivity contribution in [2.45, 2.75) is 39.3 Å². The van der Waals surface area contributed by atoms with E-state index in [4.69, 9.17) is 4.74 Å². The minimum atomic E-state index is -3.77. The second-order valence-corrected chi connectivity index (χ2v) is 8.55. The molecular formula is C21H27FN2O4S. The van der Waals surface area contributed by atoms with Gasteiger partial charge in [-0.15, -0.1) is 0 Å². The zero-order valence-electron chi connectivity index (χ0n) is 17.1. The molecule has 0 aliphatic rings. The summed E-state index contributed by atoms with van der Waals surface area (Å²) in [5.74, 6) is -0.173. The first-order chi connectivity index (χ1) is 13.7. The Kier molecular flexibility index (Phi) is 7.61. The van der Waals surface area contributed by atoms with E-state index in [-0.39, 0.29) is 18.2 Å². The molecule has 2 aromatic rings. The van der Waals surface area contributed by atoms with Gasteiger partial charge in [0.2, 0.25) is 15.9 Å². The van der Waals surface area contributed by atoms with Crippen LogP contribution in [0.25, 0.3) is 0 Å². The van der Waals surface area contributed by atoms with Gasteiger partial charge in [-0.05, 0) is 62.2 Å². The van der Waals surface area contributed by atoms with Crippen molar-refractivity contribution in [2.24, 2.45) is 0 Å². The highest BCUT2D eigenvalue weighted by Crippen LogP contribution is 2.24. The molecule has 0 radical (unpaired) electrons. The highest BCUT2D eigenvalue weighted by molar-refractivity contribution is 7.92. The number of carbonyl (C=O) groups excluding carboxylic acids is 1. The van der Waals surface area contributed by atoms with Crippen LogP contribution in [0.5, 0.6) is 5.75 Å². The van der Waals surface area contributed by atoms with Gasteiger partial charge in [0.05, 0.1) is 24.6 Å². The molecule has 158 valence electrons. The van der Waals surface area contributed by atoms with E-state index in [1.165, 1.54) is 24.3 Å². The fourth-order valence-electron chi connectivity index (χ4n) is 3.06. The monoisotopic (exact) mass is 422 g/mol. The number of anilines is 1. The van der Waals surface area contributed by atoms with E-state index in [1.807, 2.05) is 38.1 Å². The number of ether oxygens (including phenoxy) is 1. The maximum absolute atomic E-state index is 13.3.